The van der Waals surface area contributed by atoms with Crippen LogP contribution in [-0.2, 0) is 15.9 Å². The Kier molecular flexibility index (Phi) is 6.96. The summed E-state index contributed by atoms with van der Waals surface area (Å²) < 4.78 is 26.8. The van der Waals surface area contributed by atoms with Gasteiger partial charge in [-0.15, -0.1) is 0 Å². The third-order valence-corrected chi connectivity index (χ3v) is 2.79. The van der Waals surface area contributed by atoms with Gasteiger partial charge in [0.05, 0.1) is 12.8 Å². The van der Waals surface area contributed by atoms with Crippen LogP contribution in [0.2, 0.25) is 0 Å². The van der Waals surface area contributed by atoms with Gasteiger partial charge in [-0.3, -0.25) is 9.00 Å². The van der Waals surface area contributed by atoms with Crippen molar-refractivity contribution in [3.05, 3.63) is 17.7 Å². The molecule has 0 aliphatic heterocycles. The van der Waals surface area contributed by atoms with E-state index >= 15 is 0 Å². The van der Waals surface area contributed by atoms with Gasteiger partial charge in [0.1, 0.15) is 5.75 Å². The molecule has 5 nitrogen and oxygen atoms in total. The zero-order valence-electron chi connectivity index (χ0n) is 10.2. The second kappa shape index (κ2) is 7.13. The van der Waals surface area contributed by atoms with Gasteiger partial charge in [-0.05, 0) is 35.7 Å². The van der Waals surface area contributed by atoms with Gasteiger partial charge in [0, 0.05) is 11.8 Å². The number of methoxy groups -OCH3 is 1. The summed E-state index contributed by atoms with van der Waals surface area (Å²) in [6.45, 7) is 3.02. The fraction of sp³-hybridized carbons (Fsp3) is 0.300. The summed E-state index contributed by atoms with van der Waals surface area (Å²) in [5.41, 5.74) is 1.01. The van der Waals surface area contributed by atoms with Gasteiger partial charge in [0.15, 0.2) is 0 Å². The summed E-state index contributed by atoms with van der Waals surface area (Å²) in [4.78, 5) is 11.1. The van der Waals surface area contributed by atoms with E-state index in [9.17, 15) is 13.6 Å². The van der Waals surface area contributed by atoms with Crippen molar-refractivity contribution in [1.82, 2.24) is 0 Å². The Labute approximate surface area is 125 Å². The SMILES string of the molecule is COc1cc(S(=O)[O-])c(C)cc1NC(C)=O.[Na+]. The average Bonchev–Trinajstić information content (AvgIpc) is 2.16. The van der Waals surface area contributed by atoms with Crippen molar-refractivity contribution in [2.45, 2.75) is 18.7 Å². The summed E-state index contributed by atoms with van der Waals surface area (Å²) >= 11 is -2.32. The number of carbonyl (C=O) groups is 1. The van der Waals surface area contributed by atoms with Crippen LogP contribution in [0.5, 0.6) is 5.75 Å². The zero-order valence-corrected chi connectivity index (χ0v) is 13.0. The maximum Gasteiger partial charge on any atom is 1.00 e. The molecule has 17 heavy (non-hydrogen) atoms. The van der Waals surface area contributed by atoms with Crippen LogP contribution in [0.1, 0.15) is 12.5 Å². The molecule has 1 atom stereocenters. The molecular weight excluding hydrogens is 253 g/mol. The summed E-state index contributed by atoms with van der Waals surface area (Å²) in [5, 5.41) is 2.57. The van der Waals surface area contributed by atoms with Gasteiger partial charge < -0.3 is 14.6 Å². The largest absolute Gasteiger partial charge is 1.00 e. The second-order valence-corrected chi connectivity index (χ2v) is 4.14. The first-order chi connectivity index (χ1) is 7.45. The van der Waals surface area contributed by atoms with Crippen LogP contribution in [-0.4, -0.2) is 21.8 Å². The van der Waals surface area contributed by atoms with E-state index in [1.54, 1.807) is 13.0 Å². The van der Waals surface area contributed by atoms with E-state index in [-0.39, 0.29) is 40.4 Å². The van der Waals surface area contributed by atoms with Crippen molar-refractivity contribution in [2.24, 2.45) is 0 Å². The number of hydrogen-bond acceptors (Lipinski definition) is 4. The minimum atomic E-state index is -2.32. The Morgan fingerprint density at radius 1 is 1.47 bits per heavy atom. The van der Waals surface area contributed by atoms with E-state index in [4.69, 9.17) is 4.74 Å². The number of nitrogens with one attached hydrogen (secondary N) is 1. The number of anilines is 1. The summed E-state index contributed by atoms with van der Waals surface area (Å²) in [7, 11) is 1.41. The van der Waals surface area contributed by atoms with Gasteiger partial charge >= 0.3 is 29.6 Å². The molecule has 0 bridgehead atoms. The summed E-state index contributed by atoms with van der Waals surface area (Å²) in [6.07, 6.45) is 0. The number of hydrogen-bond donors (Lipinski definition) is 1. The number of carbonyl (C=O) groups excluding carboxylic acids is 1. The van der Waals surface area contributed by atoms with E-state index < -0.39 is 11.1 Å². The van der Waals surface area contributed by atoms with Crippen molar-refractivity contribution < 1.29 is 47.9 Å². The van der Waals surface area contributed by atoms with Gasteiger partial charge in [0.25, 0.3) is 0 Å². The van der Waals surface area contributed by atoms with Gasteiger partial charge in [-0.1, -0.05) is 0 Å². The Morgan fingerprint density at radius 2 is 2.06 bits per heavy atom. The fourth-order valence-electron chi connectivity index (χ4n) is 1.31. The molecule has 0 aromatic heterocycles. The molecule has 0 radical (unpaired) electrons. The van der Waals surface area contributed by atoms with Crippen LogP contribution in [0.25, 0.3) is 0 Å². The Morgan fingerprint density at radius 3 is 2.47 bits per heavy atom. The molecule has 0 saturated carbocycles. The molecule has 1 unspecified atom stereocenters. The number of benzene rings is 1. The molecule has 0 aliphatic rings. The molecule has 0 heterocycles. The van der Waals surface area contributed by atoms with Crippen LogP contribution in [0.4, 0.5) is 5.69 Å². The molecule has 88 valence electrons. The molecular formula is C10H12NNaO4S. The minimum absolute atomic E-state index is 0. The topological polar surface area (TPSA) is 78.5 Å². The van der Waals surface area contributed by atoms with Crippen LogP contribution in [0, 0.1) is 6.92 Å². The number of rotatable bonds is 3. The molecule has 0 spiro atoms. The van der Waals surface area contributed by atoms with E-state index in [0.29, 0.717) is 17.0 Å². The zero-order chi connectivity index (χ0) is 12.3. The van der Waals surface area contributed by atoms with Crippen LogP contribution < -0.4 is 39.6 Å². The van der Waals surface area contributed by atoms with Crippen molar-refractivity contribution in [3.8, 4) is 5.75 Å². The first-order valence-corrected chi connectivity index (χ1v) is 5.58. The van der Waals surface area contributed by atoms with Gasteiger partial charge in [-0.2, -0.15) is 0 Å². The van der Waals surface area contributed by atoms with Crippen LogP contribution >= 0.6 is 0 Å². The van der Waals surface area contributed by atoms with E-state index in [1.165, 1.54) is 20.1 Å². The Balaban J connectivity index is 0.00000256. The Bertz CT molecular complexity index is 450. The van der Waals surface area contributed by atoms with E-state index in [1.807, 2.05) is 0 Å². The molecule has 1 N–H and O–H groups in total. The molecule has 1 amide bonds. The molecule has 0 aliphatic carbocycles. The van der Waals surface area contributed by atoms with Gasteiger partial charge in [-0.25, -0.2) is 0 Å². The van der Waals surface area contributed by atoms with Crippen LogP contribution in [0.3, 0.4) is 0 Å². The average molecular weight is 265 g/mol. The monoisotopic (exact) mass is 265 g/mol. The number of ether oxygens (including phenoxy) is 1. The quantitative estimate of drug-likeness (QED) is 0.517. The number of amides is 1. The maximum atomic E-state index is 10.9. The maximum absolute atomic E-state index is 10.9. The predicted octanol–water partition coefficient (Wildman–Crippen LogP) is -1.80. The number of aryl methyl sites for hydroxylation is 1. The third kappa shape index (κ3) is 4.40. The van der Waals surface area contributed by atoms with E-state index in [0.717, 1.165) is 0 Å². The van der Waals surface area contributed by atoms with Crippen molar-refractivity contribution in [2.75, 3.05) is 12.4 Å². The van der Waals surface area contributed by atoms with E-state index in [2.05, 4.69) is 5.32 Å². The molecule has 0 fully saturated rings. The first kappa shape index (κ1) is 16.6. The second-order valence-electron chi connectivity index (χ2n) is 3.23. The third-order valence-electron chi connectivity index (χ3n) is 1.99. The standard InChI is InChI=1S/C10H13NO4S.Na/c1-6-4-8(11-7(2)12)9(15-3)5-10(6)16(13)14;/h4-5H,1-3H3,(H,11,12)(H,13,14);/q;+1/p-1. The molecule has 1 rings (SSSR count). The molecule has 7 heteroatoms. The van der Waals surface area contributed by atoms with Crippen LogP contribution in [0.15, 0.2) is 17.0 Å². The Hall–Kier alpha value is -0.400. The van der Waals surface area contributed by atoms with Gasteiger partial charge in [0.2, 0.25) is 5.91 Å². The summed E-state index contributed by atoms with van der Waals surface area (Å²) in [6, 6.07) is 2.94. The van der Waals surface area contributed by atoms with Crippen molar-refractivity contribution >= 4 is 22.7 Å². The van der Waals surface area contributed by atoms with Crippen molar-refractivity contribution in [3.63, 3.8) is 0 Å². The minimum Gasteiger partial charge on any atom is -0.768 e. The molecule has 1 aromatic carbocycles. The normalized spacial score (nSPS) is 11.3. The molecule has 1 aromatic rings. The predicted molar refractivity (Wildman–Crippen MR) is 59.2 cm³/mol. The first-order valence-electron chi connectivity index (χ1n) is 4.51. The van der Waals surface area contributed by atoms with Crippen molar-refractivity contribution in [1.29, 1.82) is 0 Å². The smallest absolute Gasteiger partial charge is 0.768 e. The molecule has 0 saturated heterocycles. The summed E-state index contributed by atoms with van der Waals surface area (Å²) in [5.74, 6) is 0.0775. The fourth-order valence-corrected chi connectivity index (χ4v) is 1.83.